The van der Waals surface area contributed by atoms with E-state index in [4.69, 9.17) is 0 Å². The summed E-state index contributed by atoms with van der Waals surface area (Å²) in [6.07, 6.45) is 1.21. The largest absolute Gasteiger partial charge is 0.265 e. The molecule has 96 valence electrons. The van der Waals surface area contributed by atoms with Crippen molar-refractivity contribution in [1.82, 2.24) is 9.78 Å². The van der Waals surface area contributed by atoms with Crippen LogP contribution in [-0.4, -0.2) is 24.5 Å². The van der Waals surface area contributed by atoms with Crippen molar-refractivity contribution in [3.8, 4) is 11.3 Å². The van der Waals surface area contributed by atoms with E-state index in [1.165, 1.54) is 6.26 Å². The van der Waals surface area contributed by atoms with Crippen LogP contribution in [0, 0.1) is 6.92 Å². The van der Waals surface area contributed by atoms with E-state index in [0.717, 1.165) is 23.5 Å². The average Bonchev–Trinajstić information content (AvgIpc) is 2.69. The summed E-state index contributed by atoms with van der Waals surface area (Å²) >= 11 is 0. The fourth-order valence-electron chi connectivity index (χ4n) is 1.89. The first-order valence-corrected chi connectivity index (χ1v) is 7.66. The molecule has 1 aromatic heterocycles. The molecule has 0 amide bonds. The first-order chi connectivity index (χ1) is 8.41. The van der Waals surface area contributed by atoms with Crippen molar-refractivity contribution < 1.29 is 8.42 Å². The Hall–Kier alpha value is -1.62. The predicted octanol–water partition coefficient (Wildman–Crippen LogP) is 2.28. The first kappa shape index (κ1) is 12.8. The summed E-state index contributed by atoms with van der Waals surface area (Å²) in [6, 6.07) is 8.90. The van der Waals surface area contributed by atoms with Crippen molar-refractivity contribution in [3.63, 3.8) is 0 Å². The van der Waals surface area contributed by atoms with Gasteiger partial charge in [-0.1, -0.05) is 12.1 Å². The summed E-state index contributed by atoms with van der Waals surface area (Å²) in [6.45, 7) is 4.76. The SMILES string of the molecule is CCn1nc(C)cc1-c1ccc(S(C)(=O)=O)cc1. The van der Waals surface area contributed by atoms with Gasteiger partial charge in [-0.05, 0) is 37.6 Å². The Morgan fingerprint density at radius 3 is 2.33 bits per heavy atom. The molecule has 1 heterocycles. The minimum Gasteiger partial charge on any atom is -0.265 e. The molecule has 0 unspecified atom stereocenters. The number of rotatable bonds is 3. The van der Waals surface area contributed by atoms with Crippen LogP contribution in [0.15, 0.2) is 35.2 Å². The highest BCUT2D eigenvalue weighted by Crippen LogP contribution is 2.22. The van der Waals surface area contributed by atoms with Crippen molar-refractivity contribution in [2.24, 2.45) is 0 Å². The molecule has 0 aliphatic rings. The summed E-state index contributed by atoms with van der Waals surface area (Å²) < 4.78 is 24.7. The normalized spacial score (nSPS) is 11.7. The van der Waals surface area contributed by atoms with E-state index >= 15 is 0 Å². The molecule has 0 spiro atoms. The molecule has 2 aromatic rings. The van der Waals surface area contributed by atoms with Gasteiger partial charge in [0.15, 0.2) is 9.84 Å². The van der Waals surface area contributed by atoms with Gasteiger partial charge >= 0.3 is 0 Å². The summed E-state index contributed by atoms with van der Waals surface area (Å²) in [5, 5.41) is 4.38. The van der Waals surface area contributed by atoms with Gasteiger partial charge < -0.3 is 0 Å². The molecule has 4 nitrogen and oxygen atoms in total. The summed E-state index contributed by atoms with van der Waals surface area (Å²) in [4.78, 5) is 0.338. The average molecular weight is 264 g/mol. The molecule has 1 aromatic carbocycles. The number of aromatic nitrogens is 2. The molecule has 0 fully saturated rings. The molecule has 0 aliphatic carbocycles. The molecule has 0 saturated carbocycles. The molecule has 0 N–H and O–H groups in total. The fraction of sp³-hybridized carbons (Fsp3) is 0.308. The number of benzene rings is 1. The van der Waals surface area contributed by atoms with E-state index in [9.17, 15) is 8.42 Å². The van der Waals surface area contributed by atoms with Gasteiger partial charge in [0, 0.05) is 12.8 Å². The van der Waals surface area contributed by atoms with Crippen LogP contribution in [-0.2, 0) is 16.4 Å². The van der Waals surface area contributed by atoms with E-state index in [0.29, 0.717) is 4.90 Å². The molecular formula is C13H16N2O2S. The fourth-order valence-corrected chi connectivity index (χ4v) is 2.52. The Kier molecular flexibility index (Phi) is 3.26. The summed E-state index contributed by atoms with van der Waals surface area (Å²) in [7, 11) is -3.13. The van der Waals surface area contributed by atoms with Crippen LogP contribution >= 0.6 is 0 Å². The molecule has 0 aliphatic heterocycles. The van der Waals surface area contributed by atoms with Crippen molar-refractivity contribution in [3.05, 3.63) is 36.0 Å². The zero-order valence-corrected chi connectivity index (χ0v) is 11.5. The first-order valence-electron chi connectivity index (χ1n) is 5.76. The van der Waals surface area contributed by atoms with Crippen molar-refractivity contribution in [2.45, 2.75) is 25.3 Å². The van der Waals surface area contributed by atoms with Gasteiger partial charge in [0.2, 0.25) is 0 Å². The number of nitrogens with zero attached hydrogens (tertiary/aromatic N) is 2. The zero-order valence-electron chi connectivity index (χ0n) is 10.7. The van der Waals surface area contributed by atoms with Crippen molar-refractivity contribution in [1.29, 1.82) is 0 Å². The second-order valence-corrected chi connectivity index (χ2v) is 6.30. The highest BCUT2D eigenvalue weighted by molar-refractivity contribution is 7.90. The smallest absolute Gasteiger partial charge is 0.175 e. The lowest BCUT2D eigenvalue weighted by atomic mass is 10.1. The summed E-state index contributed by atoms with van der Waals surface area (Å²) in [5.74, 6) is 0. The highest BCUT2D eigenvalue weighted by Gasteiger charge is 2.09. The molecule has 5 heteroatoms. The maximum Gasteiger partial charge on any atom is 0.175 e. The predicted molar refractivity (Wildman–Crippen MR) is 71.2 cm³/mol. The minimum absolute atomic E-state index is 0.338. The third kappa shape index (κ3) is 2.46. The van der Waals surface area contributed by atoms with Crippen molar-refractivity contribution >= 4 is 9.84 Å². The number of aryl methyl sites for hydroxylation is 2. The number of hydrogen-bond acceptors (Lipinski definition) is 3. The minimum atomic E-state index is -3.13. The lowest BCUT2D eigenvalue weighted by molar-refractivity contribution is 0.602. The third-order valence-corrected chi connectivity index (χ3v) is 3.91. The Labute approximate surface area is 107 Å². The Morgan fingerprint density at radius 1 is 1.22 bits per heavy atom. The van der Waals surface area contributed by atoms with Gasteiger partial charge in [0.05, 0.1) is 16.3 Å². The van der Waals surface area contributed by atoms with Crippen LogP contribution < -0.4 is 0 Å². The maximum absolute atomic E-state index is 11.4. The molecule has 0 radical (unpaired) electrons. The molecular weight excluding hydrogens is 248 g/mol. The van der Waals surface area contributed by atoms with Crippen LogP contribution in [0.3, 0.4) is 0 Å². The van der Waals surface area contributed by atoms with Crippen molar-refractivity contribution in [2.75, 3.05) is 6.26 Å². The number of hydrogen-bond donors (Lipinski definition) is 0. The topological polar surface area (TPSA) is 52.0 Å². The van der Waals surface area contributed by atoms with Gasteiger partial charge in [0.25, 0.3) is 0 Å². The van der Waals surface area contributed by atoms with E-state index < -0.39 is 9.84 Å². The second-order valence-electron chi connectivity index (χ2n) is 4.28. The van der Waals surface area contributed by atoms with Crippen LogP contribution in [0.4, 0.5) is 0 Å². The molecule has 2 rings (SSSR count). The molecule has 0 bridgehead atoms. The van der Waals surface area contributed by atoms with Gasteiger partial charge in [0.1, 0.15) is 0 Å². The van der Waals surface area contributed by atoms with Gasteiger partial charge in [-0.15, -0.1) is 0 Å². The Balaban J connectivity index is 2.46. The van der Waals surface area contributed by atoms with E-state index in [-0.39, 0.29) is 0 Å². The van der Waals surface area contributed by atoms with Crippen LogP contribution in [0.1, 0.15) is 12.6 Å². The summed E-state index contributed by atoms with van der Waals surface area (Å²) in [5.41, 5.74) is 2.94. The molecule has 0 saturated heterocycles. The lowest BCUT2D eigenvalue weighted by Gasteiger charge is -2.05. The third-order valence-electron chi connectivity index (χ3n) is 2.78. The second kappa shape index (κ2) is 4.57. The molecule has 0 atom stereocenters. The van der Waals surface area contributed by atoms with Crippen LogP contribution in [0.25, 0.3) is 11.3 Å². The zero-order chi connectivity index (χ0) is 13.3. The van der Waals surface area contributed by atoms with Gasteiger partial charge in [-0.3, -0.25) is 4.68 Å². The van der Waals surface area contributed by atoms with E-state index in [2.05, 4.69) is 5.10 Å². The molecule has 18 heavy (non-hydrogen) atoms. The Morgan fingerprint density at radius 2 is 1.83 bits per heavy atom. The van der Waals surface area contributed by atoms with E-state index in [1.807, 2.05) is 36.7 Å². The van der Waals surface area contributed by atoms with Crippen LogP contribution in [0.5, 0.6) is 0 Å². The monoisotopic (exact) mass is 264 g/mol. The Bertz CT molecular complexity index is 655. The quantitative estimate of drug-likeness (QED) is 0.854. The van der Waals surface area contributed by atoms with Crippen LogP contribution in [0.2, 0.25) is 0 Å². The maximum atomic E-state index is 11.4. The van der Waals surface area contributed by atoms with Gasteiger partial charge in [-0.25, -0.2) is 8.42 Å². The van der Waals surface area contributed by atoms with E-state index in [1.54, 1.807) is 12.1 Å². The number of sulfone groups is 1. The van der Waals surface area contributed by atoms with Gasteiger partial charge in [-0.2, -0.15) is 5.10 Å². The lowest BCUT2D eigenvalue weighted by Crippen LogP contribution is -2.00. The standard InChI is InChI=1S/C13H16N2O2S/c1-4-15-13(9-10(2)14-15)11-5-7-12(8-6-11)18(3,16)17/h5-9H,4H2,1-3H3. The highest BCUT2D eigenvalue weighted by atomic mass is 32.2.